The summed E-state index contributed by atoms with van der Waals surface area (Å²) in [5, 5.41) is 4.92. The molecule has 9 heteroatoms. The highest BCUT2D eigenvalue weighted by Crippen LogP contribution is 2.38. The van der Waals surface area contributed by atoms with Crippen molar-refractivity contribution in [3.63, 3.8) is 0 Å². The average Bonchev–Trinajstić information content (AvgIpc) is 3.00. The molecule has 0 atom stereocenters. The van der Waals surface area contributed by atoms with Gasteiger partial charge in [-0.2, -0.15) is 9.78 Å². The molecule has 0 aliphatic heterocycles. The Labute approximate surface area is 229 Å². The van der Waals surface area contributed by atoms with E-state index < -0.39 is 5.97 Å². The van der Waals surface area contributed by atoms with E-state index in [2.05, 4.69) is 5.10 Å². The zero-order chi connectivity index (χ0) is 28.1. The lowest BCUT2D eigenvalue weighted by Gasteiger charge is -2.14. The number of rotatable bonds is 8. The molecule has 4 aromatic carbocycles. The van der Waals surface area contributed by atoms with Crippen molar-refractivity contribution in [1.82, 2.24) is 9.66 Å². The monoisotopic (exact) mass is 535 g/mol. The van der Waals surface area contributed by atoms with Crippen molar-refractivity contribution in [3.8, 4) is 34.4 Å². The molecule has 1 aromatic heterocycles. The van der Waals surface area contributed by atoms with Gasteiger partial charge in [-0.25, -0.2) is 9.78 Å². The van der Waals surface area contributed by atoms with E-state index in [1.807, 2.05) is 36.4 Å². The van der Waals surface area contributed by atoms with Crippen molar-refractivity contribution in [3.05, 3.63) is 112 Å². The van der Waals surface area contributed by atoms with Crippen LogP contribution in [-0.4, -0.2) is 43.2 Å². The molecule has 1 heterocycles. The summed E-state index contributed by atoms with van der Waals surface area (Å²) in [5.74, 6) is 0.980. The van der Waals surface area contributed by atoms with E-state index >= 15 is 0 Å². The van der Waals surface area contributed by atoms with E-state index in [0.717, 1.165) is 5.56 Å². The predicted octanol–water partition coefficient (Wildman–Crippen LogP) is 5.19. The van der Waals surface area contributed by atoms with Gasteiger partial charge in [0.15, 0.2) is 17.3 Å². The summed E-state index contributed by atoms with van der Waals surface area (Å²) in [7, 11) is 4.41. The molecule has 200 valence electrons. The first-order valence-electron chi connectivity index (χ1n) is 12.3. The van der Waals surface area contributed by atoms with Crippen LogP contribution in [0.5, 0.6) is 23.0 Å². The van der Waals surface area contributed by atoms with E-state index in [0.29, 0.717) is 39.5 Å². The van der Waals surface area contributed by atoms with Crippen LogP contribution < -0.4 is 24.5 Å². The number of esters is 1. The van der Waals surface area contributed by atoms with Crippen LogP contribution in [0.15, 0.2) is 101 Å². The molecule has 0 fully saturated rings. The third kappa shape index (κ3) is 5.12. The maximum absolute atomic E-state index is 13.5. The first-order chi connectivity index (χ1) is 19.5. The van der Waals surface area contributed by atoms with Gasteiger partial charge in [-0.05, 0) is 36.4 Å². The number of aromatic nitrogens is 2. The minimum atomic E-state index is -0.644. The van der Waals surface area contributed by atoms with Crippen molar-refractivity contribution in [2.24, 2.45) is 5.10 Å². The van der Waals surface area contributed by atoms with Gasteiger partial charge in [0, 0.05) is 11.1 Å². The van der Waals surface area contributed by atoms with Gasteiger partial charge in [-0.15, -0.1) is 0 Å². The lowest BCUT2D eigenvalue weighted by molar-refractivity contribution is 0.0733. The molecule has 0 aliphatic carbocycles. The fourth-order valence-corrected chi connectivity index (χ4v) is 4.16. The molecule has 5 rings (SSSR count). The molecule has 9 nitrogen and oxygen atoms in total. The van der Waals surface area contributed by atoms with Crippen LogP contribution in [0.25, 0.3) is 22.3 Å². The average molecular weight is 536 g/mol. The Hall–Kier alpha value is -5.44. The van der Waals surface area contributed by atoms with Crippen molar-refractivity contribution in [2.45, 2.75) is 0 Å². The molecule has 0 radical (unpaired) electrons. The number of hydrogen-bond acceptors (Lipinski definition) is 8. The van der Waals surface area contributed by atoms with Crippen molar-refractivity contribution in [2.75, 3.05) is 21.3 Å². The Balaban J connectivity index is 1.53. The third-order valence-corrected chi connectivity index (χ3v) is 6.12. The molecular formula is C31H25N3O6. The highest BCUT2D eigenvalue weighted by atomic mass is 16.5. The summed E-state index contributed by atoms with van der Waals surface area (Å²) in [6, 6.07) is 26.3. The number of para-hydroxylation sites is 2. The topological polar surface area (TPSA) is 101 Å². The molecular weight excluding hydrogens is 510 g/mol. The Bertz CT molecular complexity index is 1750. The van der Waals surface area contributed by atoms with Crippen molar-refractivity contribution >= 4 is 23.1 Å². The Kier molecular flexibility index (Phi) is 7.54. The van der Waals surface area contributed by atoms with Gasteiger partial charge in [-0.1, -0.05) is 54.6 Å². The number of hydrogen-bond donors (Lipinski definition) is 0. The van der Waals surface area contributed by atoms with Crippen LogP contribution >= 0.6 is 0 Å². The van der Waals surface area contributed by atoms with Crippen LogP contribution in [0.2, 0.25) is 0 Å². The molecule has 0 bridgehead atoms. The predicted molar refractivity (Wildman–Crippen MR) is 152 cm³/mol. The number of fused-ring (bicyclic) bond motifs is 1. The summed E-state index contributed by atoms with van der Waals surface area (Å²) in [5.41, 5.74) is 1.64. The van der Waals surface area contributed by atoms with Gasteiger partial charge in [0.25, 0.3) is 5.56 Å². The van der Waals surface area contributed by atoms with Gasteiger partial charge in [0.2, 0.25) is 5.75 Å². The number of benzene rings is 4. The molecule has 0 spiro atoms. The summed E-state index contributed by atoms with van der Waals surface area (Å²) in [6.45, 7) is 0. The smallest absolute Gasteiger partial charge is 0.343 e. The van der Waals surface area contributed by atoms with Gasteiger partial charge < -0.3 is 18.9 Å². The lowest BCUT2D eigenvalue weighted by Crippen LogP contribution is -2.20. The Morgan fingerprint density at radius 1 is 0.800 bits per heavy atom. The second kappa shape index (κ2) is 11.5. The Morgan fingerprint density at radius 3 is 2.15 bits per heavy atom. The van der Waals surface area contributed by atoms with Crippen LogP contribution in [0.4, 0.5) is 0 Å². The first-order valence-corrected chi connectivity index (χ1v) is 12.3. The van der Waals surface area contributed by atoms with Crippen molar-refractivity contribution < 1.29 is 23.7 Å². The van der Waals surface area contributed by atoms with Gasteiger partial charge in [0.1, 0.15) is 5.75 Å². The van der Waals surface area contributed by atoms with Crippen LogP contribution in [0.3, 0.4) is 0 Å². The van der Waals surface area contributed by atoms with E-state index in [1.54, 1.807) is 42.5 Å². The minimum absolute atomic E-state index is 0.197. The third-order valence-electron chi connectivity index (χ3n) is 6.12. The summed E-state index contributed by atoms with van der Waals surface area (Å²) in [6.07, 6.45) is 1.46. The van der Waals surface area contributed by atoms with Crippen LogP contribution in [0.1, 0.15) is 15.9 Å². The van der Waals surface area contributed by atoms with Gasteiger partial charge in [-0.3, -0.25) is 4.79 Å². The van der Waals surface area contributed by atoms with Crippen LogP contribution in [0, 0.1) is 0 Å². The summed E-state index contributed by atoms with van der Waals surface area (Å²) < 4.78 is 23.0. The maximum Gasteiger partial charge on any atom is 0.343 e. The van der Waals surface area contributed by atoms with E-state index in [9.17, 15) is 9.59 Å². The van der Waals surface area contributed by atoms with Gasteiger partial charge in [0.05, 0.1) is 44.0 Å². The van der Waals surface area contributed by atoms with Gasteiger partial charge >= 0.3 is 5.97 Å². The number of carbonyl (C=O) groups is 1. The molecule has 5 aromatic rings. The Morgan fingerprint density at radius 2 is 1.45 bits per heavy atom. The number of carbonyl (C=O) groups excluding carboxylic acids is 1. The molecule has 0 saturated heterocycles. The number of methoxy groups -OCH3 is 3. The lowest BCUT2D eigenvalue weighted by atomic mass is 10.1. The molecule has 40 heavy (non-hydrogen) atoms. The SMILES string of the molecule is COc1cc(C(=O)Oc2ccccc2C=Nn2c(-c3ccccc3)nc3ccccc3c2=O)cc(OC)c1OC. The van der Waals surface area contributed by atoms with Crippen LogP contribution in [-0.2, 0) is 0 Å². The largest absolute Gasteiger partial charge is 0.493 e. The fraction of sp³-hybridized carbons (Fsp3) is 0.0968. The summed E-state index contributed by atoms with van der Waals surface area (Å²) in [4.78, 5) is 31.3. The fourth-order valence-electron chi connectivity index (χ4n) is 4.16. The zero-order valence-electron chi connectivity index (χ0n) is 22.0. The molecule has 0 N–H and O–H groups in total. The second-order valence-corrected chi connectivity index (χ2v) is 8.52. The van der Waals surface area contributed by atoms with Crippen molar-refractivity contribution in [1.29, 1.82) is 0 Å². The highest BCUT2D eigenvalue weighted by molar-refractivity contribution is 5.94. The molecule has 0 saturated carbocycles. The number of ether oxygens (including phenoxy) is 4. The highest BCUT2D eigenvalue weighted by Gasteiger charge is 2.19. The maximum atomic E-state index is 13.5. The van der Waals surface area contributed by atoms with E-state index in [4.69, 9.17) is 23.9 Å². The second-order valence-electron chi connectivity index (χ2n) is 8.52. The molecule has 0 aliphatic rings. The zero-order valence-corrected chi connectivity index (χ0v) is 22.0. The first kappa shape index (κ1) is 26.2. The minimum Gasteiger partial charge on any atom is -0.493 e. The normalized spacial score (nSPS) is 11.0. The van der Waals surface area contributed by atoms with E-state index in [1.165, 1.54) is 44.4 Å². The summed E-state index contributed by atoms with van der Waals surface area (Å²) >= 11 is 0. The molecule has 0 amide bonds. The molecule has 0 unspecified atom stereocenters. The standard InChI is InChI=1S/C31H25N3O6/c1-37-26-17-22(18-27(38-2)28(26)39-3)31(36)40-25-16-10-7-13-21(25)19-32-34-29(20-11-5-4-6-12-20)33-24-15-9-8-14-23(24)30(34)35/h4-19H,1-3H3. The quantitative estimate of drug-likeness (QED) is 0.153. The number of nitrogens with zero attached hydrogens (tertiary/aromatic N) is 3. The van der Waals surface area contributed by atoms with E-state index in [-0.39, 0.29) is 16.9 Å².